The first kappa shape index (κ1) is 15.9. The predicted molar refractivity (Wildman–Crippen MR) is 82.9 cm³/mol. The van der Waals surface area contributed by atoms with E-state index < -0.39 is 5.54 Å². The Bertz CT molecular complexity index is 569. The second-order valence-corrected chi connectivity index (χ2v) is 6.06. The number of amidine groups is 1. The molecule has 4 N–H and O–H groups in total. The summed E-state index contributed by atoms with van der Waals surface area (Å²) in [5.41, 5.74) is 5.77. The zero-order valence-electron chi connectivity index (χ0n) is 11.4. The van der Waals surface area contributed by atoms with Crippen molar-refractivity contribution in [1.82, 2.24) is 5.32 Å². The van der Waals surface area contributed by atoms with E-state index in [9.17, 15) is 4.79 Å². The van der Waals surface area contributed by atoms with Gasteiger partial charge in [0.05, 0.1) is 16.5 Å². The van der Waals surface area contributed by atoms with Gasteiger partial charge in [0.15, 0.2) is 5.84 Å². The van der Waals surface area contributed by atoms with E-state index in [4.69, 9.17) is 34.1 Å². The number of benzene rings is 1. The minimum Gasteiger partial charge on any atom is -0.409 e. The van der Waals surface area contributed by atoms with Crippen LogP contribution in [0.5, 0.6) is 0 Å². The van der Waals surface area contributed by atoms with E-state index in [1.807, 2.05) is 0 Å². The Hall–Kier alpha value is -1.46. The van der Waals surface area contributed by atoms with Crippen LogP contribution in [0.1, 0.15) is 31.2 Å². The van der Waals surface area contributed by atoms with Gasteiger partial charge in [0.2, 0.25) is 5.91 Å². The van der Waals surface area contributed by atoms with E-state index in [0.29, 0.717) is 22.9 Å². The fourth-order valence-corrected chi connectivity index (χ4v) is 2.99. The van der Waals surface area contributed by atoms with Crippen LogP contribution in [-0.4, -0.2) is 22.5 Å². The van der Waals surface area contributed by atoms with Crippen molar-refractivity contribution in [2.24, 2.45) is 10.9 Å². The zero-order chi connectivity index (χ0) is 15.5. The summed E-state index contributed by atoms with van der Waals surface area (Å²) in [6, 6.07) is 5.06. The molecule has 5 nitrogen and oxygen atoms in total. The maximum absolute atomic E-state index is 12.2. The van der Waals surface area contributed by atoms with E-state index in [2.05, 4.69) is 10.5 Å². The lowest BCUT2D eigenvalue weighted by molar-refractivity contribution is -0.121. The molecule has 0 saturated heterocycles. The van der Waals surface area contributed by atoms with Crippen LogP contribution in [0.3, 0.4) is 0 Å². The molecule has 7 heteroatoms. The Labute approximate surface area is 133 Å². The summed E-state index contributed by atoms with van der Waals surface area (Å²) in [4.78, 5) is 12.2. The highest BCUT2D eigenvalue weighted by atomic mass is 35.5. The van der Waals surface area contributed by atoms with Crippen LogP contribution >= 0.6 is 23.2 Å². The van der Waals surface area contributed by atoms with E-state index in [1.165, 1.54) is 0 Å². The number of nitrogens with two attached hydrogens (primary N) is 1. The third kappa shape index (κ3) is 3.60. The van der Waals surface area contributed by atoms with Gasteiger partial charge in [0, 0.05) is 0 Å². The molecule has 1 aromatic rings. The molecule has 1 fully saturated rings. The molecule has 1 aromatic carbocycles. The highest BCUT2D eigenvalue weighted by molar-refractivity contribution is 6.42. The number of hydrogen-bond acceptors (Lipinski definition) is 3. The van der Waals surface area contributed by atoms with E-state index in [0.717, 1.165) is 18.4 Å². The third-order valence-corrected chi connectivity index (χ3v) is 4.52. The minimum atomic E-state index is -0.734. The van der Waals surface area contributed by atoms with Crippen molar-refractivity contribution >= 4 is 34.9 Å². The van der Waals surface area contributed by atoms with Crippen LogP contribution < -0.4 is 11.1 Å². The molecule has 1 amide bonds. The molecule has 0 aliphatic heterocycles. The Balaban J connectivity index is 2.08. The fourth-order valence-electron chi connectivity index (χ4n) is 2.67. The van der Waals surface area contributed by atoms with Crippen LogP contribution in [0.4, 0.5) is 0 Å². The quantitative estimate of drug-likeness (QED) is 0.343. The van der Waals surface area contributed by atoms with E-state index in [1.54, 1.807) is 18.2 Å². The fraction of sp³-hybridized carbons (Fsp3) is 0.429. The summed E-state index contributed by atoms with van der Waals surface area (Å²) in [5.74, 6) is -0.135. The van der Waals surface area contributed by atoms with E-state index in [-0.39, 0.29) is 18.2 Å². The van der Waals surface area contributed by atoms with Gasteiger partial charge in [-0.2, -0.15) is 0 Å². The normalized spacial score (nSPS) is 17.7. The van der Waals surface area contributed by atoms with Gasteiger partial charge in [0.25, 0.3) is 0 Å². The molecule has 1 aliphatic rings. The van der Waals surface area contributed by atoms with Crippen molar-refractivity contribution in [3.05, 3.63) is 33.8 Å². The number of carbonyl (C=O) groups excluding carboxylic acids is 1. The molecule has 114 valence electrons. The Kier molecular flexibility index (Phi) is 4.96. The third-order valence-electron chi connectivity index (χ3n) is 3.78. The number of amides is 1. The number of rotatable bonds is 4. The molecule has 0 unspecified atom stereocenters. The van der Waals surface area contributed by atoms with Gasteiger partial charge in [-0.3, -0.25) is 4.79 Å². The predicted octanol–water partition coefficient (Wildman–Crippen LogP) is 2.71. The van der Waals surface area contributed by atoms with Crippen LogP contribution in [-0.2, 0) is 11.2 Å². The van der Waals surface area contributed by atoms with E-state index >= 15 is 0 Å². The first-order valence-corrected chi connectivity index (χ1v) is 7.45. The average molecular weight is 330 g/mol. The van der Waals surface area contributed by atoms with Crippen molar-refractivity contribution in [3.63, 3.8) is 0 Å². The Morgan fingerprint density at radius 1 is 1.33 bits per heavy atom. The summed E-state index contributed by atoms with van der Waals surface area (Å²) < 4.78 is 0. The van der Waals surface area contributed by atoms with Gasteiger partial charge in [-0.1, -0.05) is 47.3 Å². The average Bonchev–Trinajstić information content (AvgIpc) is 2.91. The van der Waals surface area contributed by atoms with Crippen molar-refractivity contribution in [3.8, 4) is 0 Å². The highest BCUT2D eigenvalue weighted by Crippen LogP contribution is 2.30. The highest BCUT2D eigenvalue weighted by Gasteiger charge is 2.39. The standard InChI is InChI=1S/C14H17Cl2N3O2/c15-10-4-3-9(7-11(10)16)8-12(20)18-14(13(17)19-21)5-1-2-6-14/h3-4,7,21H,1-2,5-6,8H2,(H2,17,19)(H,18,20). The molecule has 0 atom stereocenters. The number of nitrogens with zero attached hydrogens (tertiary/aromatic N) is 1. The lowest BCUT2D eigenvalue weighted by atomic mass is 9.95. The monoisotopic (exact) mass is 329 g/mol. The summed E-state index contributed by atoms with van der Waals surface area (Å²) in [5, 5.41) is 15.7. The smallest absolute Gasteiger partial charge is 0.225 e. The number of hydrogen-bond donors (Lipinski definition) is 3. The number of nitrogens with one attached hydrogen (secondary N) is 1. The lowest BCUT2D eigenvalue weighted by Gasteiger charge is -2.28. The maximum atomic E-state index is 12.2. The first-order valence-electron chi connectivity index (χ1n) is 6.70. The molecule has 0 heterocycles. The second-order valence-electron chi connectivity index (χ2n) is 5.25. The summed E-state index contributed by atoms with van der Waals surface area (Å²) >= 11 is 11.8. The summed E-state index contributed by atoms with van der Waals surface area (Å²) in [6.45, 7) is 0. The molecular weight excluding hydrogens is 313 g/mol. The van der Waals surface area contributed by atoms with Gasteiger partial charge in [-0.15, -0.1) is 0 Å². The number of halogens is 2. The molecule has 21 heavy (non-hydrogen) atoms. The van der Waals surface area contributed by atoms with Crippen LogP contribution in [0.15, 0.2) is 23.4 Å². The molecule has 0 spiro atoms. The van der Waals surface area contributed by atoms with Gasteiger partial charge in [-0.25, -0.2) is 0 Å². The molecule has 0 bridgehead atoms. The summed E-state index contributed by atoms with van der Waals surface area (Å²) in [7, 11) is 0. The maximum Gasteiger partial charge on any atom is 0.225 e. The number of carbonyl (C=O) groups is 1. The molecule has 1 aliphatic carbocycles. The molecule has 2 rings (SSSR count). The molecule has 1 saturated carbocycles. The SMILES string of the molecule is NC(=NO)C1(NC(=O)Cc2ccc(Cl)c(Cl)c2)CCCC1. The first-order chi connectivity index (χ1) is 9.97. The molecule has 0 radical (unpaired) electrons. The van der Waals surface area contributed by atoms with Crippen molar-refractivity contribution in [1.29, 1.82) is 0 Å². The second kappa shape index (κ2) is 6.54. The van der Waals surface area contributed by atoms with Gasteiger partial charge in [0.1, 0.15) is 5.54 Å². The van der Waals surface area contributed by atoms with Crippen LogP contribution in [0, 0.1) is 0 Å². The van der Waals surface area contributed by atoms with Gasteiger partial charge in [-0.05, 0) is 30.5 Å². The van der Waals surface area contributed by atoms with Crippen molar-refractivity contribution < 1.29 is 10.0 Å². The largest absolute Gasteiger partial charge is 0.409 e. The number of oxime groups is 1. The summed E-state index contributed by atoms with van der Waals surface area (Å²) in [6.07, 6.45) is 3.38. The van der Waals surface area contributed by atoms with Crippen molar-refractivity contribution in [2.75, 3.05) is 0 Å². The topological polar surface area (TPSA) is 87.7 Å². The zero-order valence-corrected chi connectivity index (χ0v) is 12.9. The van der Waals surface area contributed by atoms with Crippen LogP contribution in [0.25, 0.3) is 0 Å². The molecular formula is C14H17Cl2N3O2. The van der Waals surface area contributed by atoms with Gasteiger partial charge >= 0.3 is 0 Å². The molecule has 0 aromatic heterocycles. The Morgan fingerprint density at radius 2 is 2.00 bits per heavy atom. The van der Waals surface area contributed by atoms with Gasteiger partial charge < -0.3 is 16.3 Å². The Morgan fingerprint density at radius 3 is 2.57 bits per heavy atom. The van der Waals surface area contributed by atoms with Crippen molar-refractivity contribution in [2.45, 2.75) is 37.6 Å². The lowest BCUT2D eigenvalue weighted by Crippen LogP contribution is -2.56. The minimum absolute atomic E-state index is 0.0579. The van der Waals surface area contributed by atoms with Crippen LogP contribution in [0.2, 0.25) is 10.0 Å².